The van der Waals surface area contributed by atoms with Crippen molar-refractivity contribution in [3.05, 3.63) is 78.8 Å². The molecule has 0 saturated carbocycles. The van der Waals surface area contributed by atoms with Crippen LogP contribution in [0.2, 0.25) is 5.02 Å². The molecule has 0 aromatic heterocycles. The molecule has 1 N–H and O–H groups in total. The van der Waals surface area contributed by atoms with Crippen LogP contribution >= 0.6 is 11.6 Å². The molecule has 118 valence electrons. The molecule has 0 aliphatic carbocycles. The van der Waals surface area contributed by atoms with Gasteiger partial charge in [-0.2, -0.15) is 0 Å². The van der Waals surface area contributed by atoms with E-state index in [1.165, 1.54) is 12.1 Å². The Labute approximate surface area is 153 Å². The van der Waals surface area contributed by atoms with Crippen molar-refractivity contribution in [2.75, 3.05) is 18.0 Å². The Kier molecular flexibility index (Phi) is 10.4. The Morgan fingerprint density at radius 3 is 2.30 bits per heavy atom. The number of hydrogen-bond acceptors (Lipinski definition) is 2. The van der Waals surface area contributed by atoms with Crippen LogP contribution in [0.25, 0.3) is 0 Å². The number of halogens is 2. The molecule has 0 aliphatic rings. The maximum absolute atomic E-state index is 13.3. The molecule has 2 rings (SSSR count). The van der Waals surface area contributed by atoms with E-state index < -0.39 is 5.97 Å². The van der Waals surface area contributed by atoms with Gasteiger partial charge in [0.1, 0.15) is 5.82 Å². The van der Waals surface area contributed by atoms with Crippen molar-refractivity contribution in [2.24, 2.45) is 0 Å². The zero-order valence-corrected chi connectivity index (χ0v) is 13.7. The summed E-state index contributed by atoms with van der Waals surface area (Å²) in [5, 5.41) is 8.75. The number of rotatable bonds is 4. The number of carbonyl (C=O) groups is 1. The first-order valence-corrected chi connectivity index (χ1v) is 6.86. The van der Waals surface area contributed by atoms with Crippen LogP contribution < -0.4 is 23.8 Å². The summed E-state index contributed by atoms with van der Waals surface area (Å²) in [7, 11) is 0. The van der Waals surface area contributed by atoms with E-state index in [2.05, 4.69) is 19.9 Å². The predicted octanol–water partition coefficient (Wildman–Crippen LogP) is 1.14. The molecule has 0 fully saturated rings. The first-order valence-electron chi connectivity index (χ1n) is 6.48. The quantitative estimate of drug-likeness (QED) is 0.676. The van der Waals surface area contributed by atoms with Gasteiger partial charge in [-0.25, -0.2) is 4.39 Å². The number of carboxylic acids is 1. The molecule has 0 bridgehead atoms. The maximum atomic E-state index is 13.3. The van der Waals surface area contributed by atoms with Gasteiger partial charge in [0.15, 0.2) is 0 Å². The average Bonchev–Trinajstić information content (AvgIpc) is 2.52. The van der Waals surface area contributed by atoms with E-state index in [9.17, 15) is 9.18 Å². The van der Waals surface area contributed by atoms with Crippen LogP contribution in [0.4, 0.5) is 10.1 Å². The van der Waals surface area contributed by atoms with Gasteiger partial charge in [0.05, 0.1) is 5.69 Å². The summed E-state index contributed by atoms with van der Waals surface area (Å²) in [4.78, 5) is 11.9. The van der Waals surface area contributed by atoms with Gasteiger partial charge in [0.2, 0.25) is 5.97 Å². The minimum Gasteiger partial charge on any atom is -0.521 e. The average molecular weight is 328 g/mol. The fourth-order valence-electron chi connectivity index (χ4n) is 1.62. The Morgan fingerprint density at radius 1 is 1.26 bits per heavy atom. The Hall–Kier alpha value is -1.47. The maximum Gasteiger partial charge on any atom is 1.00 e. The Balaban J connectivity index is 0.000000427. The molecule has 0 radical (unpaired) electrons. The third-order valence-corrected chi connectivity index (χ3v) is 2.96. The summed E-state index contributed by atoms with van der Waals surface area (Å²) >= 11 is 5.62. The van der Waals surface area contributed by atoms with Gasteiger partial charge < -0.3 is 28.6 Å². The minimum absolute atomic E-state index is 0. The molecule has 0 saturated heterocycles. The number of hydrogen-bond donors (Lipinski definition) is 1. The van der Waals surface area contributed by atoms with Crippen LogP contribution in [0.3, 0.4) is 0 Å². The van der Waals surface area contributed by atoms with Crippen molar-refractivity contribution in [3.8, 4) is 0 Å². The van der Waals surface area contributed by atoms with Crippen molar-refractivity contribution in [2.45, 2.75) is 0 Å². The number of aromatic carboxylic acids is 1. The first-order chi connectivity index (χ1) is 10.5. The van der Waals surface area contributed by atoms with E-state index in [4.69, 9.17) is 16.7 Å². The summed E-state index contributed by atoms with van der Waals surface area (Å²) in [6.45, 7) is 8.34. The number of benzene rings is 2. The zero-order chi connectivity index (χ0) is 16.5. The van der Waals surface area contributed by atoms with E-state index in [-0.39, 0.29) is 30.2 Å². The Bertz CT molecular complexity index is 607. The topological polar surface area (TPSA) is 40.5 Å². The second-order valence-electron chi connectivity index (χ2n) is 4.16. The van der Waals surface area contributed by atoms with Crippen LogP contribution in [0.1, 0.15) is 10.4 Å². The van der Waals surface area contributed by atoms with Crippen LogP contribution in [0, 0.1) is 25.7 Å². The molecule has 0 amide bonds. The van der Waals surface area contributed by atoms with Crippen LogP contribution in [0.5, 0.6) is 0 Å². The summed E-state index contributed by atoms with van der Waals surface area (Å²) in [6.07, 6.45) is 0. The number of anilines is 1. The van der Waals surface area contributed by atoms with Crippen molar-refractivity contribution in [3.63, 3.8) is 0 Å². The van der Waals surface area contributed by atoms with Gasteiger partial charge in [-0.3, -0.25) is 0 Å². The molecule has 0 unspecified atom stereocenters. The molecule has 0 heterocycles. The molecule has 6 heteroatoms. The summed E-state index contributed by atoms with van der Waals surface area (Å²) in [6, 6.07) is 13.6. The Morgan fingerprint density at radius 2 is 1.91 bits per heavy atom. The molecule has 3 nitrogen and oxygen atoms in total. The normalized spacial score (nSPS) is 9.22. The van der Waals surface area contributed by atoms with E-state index in [0.29, 0.717) is 23.8 Å². The van der Waals surface area contributed by atoms with Crippen molar-refractivity contribution >= 4 is 23.3 Å². The van der Waals surface area contributed by atoms with Gasteiger partial charge in [0, 0.05) is 5.02 Å². The molecule has 23 heavy (non-hydrogen) atoms. The second-order valence-corrected chi connectivity index (χ2v) is 4.60. The van der Waals surface area contributed by atoms with Gasteiger partial charge in [-0.1, -0.05) is 17.2 Å². The molecule has 0 spiro atoms. The number of nitrogens with zero attached hydrogens (tertiary/aromatic N) is 1. The van der Waals surface area contributed by atoms with Crippen LogP contribution in [-0.4, -0.2) is 24.2 Å². The van der Waals surface area contributed by atoms with Crippen molar-refractivity contribution in [1.82, 2.24) is 0 Å². The van der Waals surface area contributed by atoms with Gasteiger partial charge in [-0.05, 0) is 18.2 Å². The van der Waals surface area contributed by atoms with E-state index in [1.54, 1.807) is 35.2 Å². The first kappa shape index (κ1) is 21.5. The third-order valence-electron chi connectivity index (χ3n) is 2.73. The van der Waals surface area contributed by atoms with E-state index in [0.717, 1.165) is 0 Å². The second kappa shape index (κ2) is 11.1. The standard InChI is InChI=1S/C10H11ClFN.C7H5O2.Li/c1-3-13(4-2)10-6-5-8(11)7-9(10)12;8-7(9)6-4-2-1-3-5-6;/h5-7H,1-4H2;1-4H,(H,8,9);/q-2;-1;+1. The molecule has 2 aromatic rings. The fourth-order valence-corrected chi connectivity index (χ4v) is 1.78. The summed E-state index contributed by atoms with van der Waals surface area (Å²) in [5.41, 5.74) is 0.701. The molecular weight excluding hydrogens is 312 g/mol. The van der Waals surface area contributed by atoms with Crippen LogP contribution in [0.15, 0.2) is 42.5 Å². The van der Waals surface area contributed by atoms with Crippen molar-refractivity contribution < 1.29 is 33.2 Å². The SMILES string of the molecule is O=C(O)c1[c-]cccc1.[CH2-]CN(C[CH2-])c1ccc(Cl)cc1F.[Li+]. The van der Waals surface area contributed by atoms with Crippen molar-refractivity contribution in [1.29, 1.82) is 0 Å². The minimum atomic E-state index is -0.935. The van der Waals surface area contributed by atoms with Gasteiger partial charge >= 0.3 is 18.9 Å². The van der Waals surface area contributed by atoms with Gasteiger partial charge in [-0.15, -0.1) is 43.4 Å². The largest absolute Gasteiger partial charge is 1.00 e. The molecule has 2 aromatic carbocycles. The summed E-state index contributed by atoms with van der Waals surface area (Å²) in [5.74, 6) is -1.27. The van der Waals surface area contributed by atoms with Gasteiger partial charge in [0.25, 0.3) is 0 Å². The van der Waals surface area contributed by atoms with E-state index >= 15 is 0 Å². The summed E-state index contributed by atoms with van der Waals surface area (Å²) < 4.78 is 13.3. The molecular formula is C17H16ClFLiNO2-2. The number of carboxylic acid groups (broad SMARTS) is 1. The van der Waals surface area contributed by atoms with Crippen LogP contribution in [-0.2, 0) is 0 Å². The predicted molar refractivity (Wildman–Crippen MR) is 86.6 cm³/mol. The zero-order valence-electron chi connectivity index (χ0n) is 12.9. The fraction of sp³-hybridized carbons (Fsp3) is 0.118. The molecule has 0 aliphatic heterocycles. The third kappa shape index (κ3) is 7.09. The smallest absolute Gasteiger partial charge is 0.521 e. The van der Waals surface area contributed by atoms with E-state index in [1.807, 2.05) is 0 Å². The monoisotopic (exact) mass is 327 g/mol. The molecule has 0 atom stereocenters.